The molecule has 464 valence electrons. The summed E-state index contributed by atoms with van der Waals surface area (Å²) < 4.78 is 40.2. The molecular weight excluding hydrogens is 1270 g/mol. The molecule has 12 heteroatoms. The lowest BCUT2D eigenvalue weighted by atomic mass is 10.1. The third-order valence-corrected chi connectivity index (χ3v) is 41.8. The molecule has 1 aliphatic heterocycles. The maximum absolute atomic E-state index is 8.98. The molecule has 14 aromatic carbocycles. The summed E-state index contributed by atoms with van der Waals surface area (Å²) in [5.74, 6) is 0.869. The largest absolute Gasteiger partial charge is 0.402 e. The van der Waals surface area contributed by atoms with E-state index >= 15 is 0 Å². The van der Waals surface area contributed by atoms with Crippen molar-refractivity contribution in [3.8, 4) is 16.8 Å². The van der Waals surface area contributed by atoms with Crippen molar-refractivity contribution >= 4 is 132 Å². The van der Waals surface area contributed by atoms with Gasteiger partial charge in [0.25, 0.3) is 0 Å². The predicted octanol–water partition coefficient (Wildman–Crippen LogP) is 10.9. The number of hydrogen-bond donors (Lipinski definition) is 0. The van der Waals surface area contributed by atoms with Crippen LogP contribution >= 0.6 is 0 Å². The van der Waals surface area contributed by atoms with Gasteiger partial charge in [0, 0.05) is 5.69 Å². The Balaban J connectivity index is 0.927. The standard InChI is InChI=1S/C85H65N3O4Si5/c1-10-38-69(39-11-1)93(70-40-12-2-13-41-70,79-57-34-37-68(65-79)87-83-61-30-31-62-84(83)88-82-60-29-28-59-81(82)86-85(87)88)78-56-32-35-66(63-78)67-36-33-58-80(64-67)97(77-54-26-9-27-55-77)91-95(73-46-18-5-19-47-73,74-48-20-6-21-49-74)89-94(71-42-14-3-15-43-71,72-44-16-4-17-45-72)90-96(92-97,75-50-22-7-23-51-75)76-52-24-8-25-53-76/h1-65H. The maximum Gasteiger partial charge on any atom is 0.390 e. The third-order valence-electron chi connectivity index (χ3n) is 19.2. The molecule has 0 amide bonds. The molecule has 0 N–H and O–H groups in total. The van der Waals surface area contributed by atoms with Crippen molar-refractivity contribution in [3.63, 3.8) is 0 Å². The number of nitrogens with zero attached hydrogens (tertiary/aromatic N) is 3. The van der Waals surface area contributed by atoms with Gasteiger partial charge in [-0.3, -0.25) is 8.97 Å². The summed E-state index contributed by atoms with van der Waals surface area (Å²) in [4.78, 5) is 5.34. The van der Waals surface area contributed by atoms with Crippen molar-refractivity contribution in [2.24, 2.45) is 0 Å². The summed E-state index contributed by atoms with van der Waals surface area (Å²) in [6.07, 6.45) is 0. The van der Waals surface area contributed by atoms with Crippen LogP contribution < -0.4 is 62.2 Å². The van der Waals surface area contributed by atoms with Gasteiger partial charge in [-0.15, -0.1) is 0 Å². The van der Waals surface area contributed by atoms with E-state index in [2.05, 4.69) is 403 Å². The van der Waals surface area contributed by atoms with Crippen LogP contribution in [0, 0.1) is 0 Å². The van der Waals surface area contributed by atoms with Crippen LogP contribution in [0.5, 0.6) is 0 Å². The van der Waals surface area contributed by atoms with Crippen LogP contribution in [0.1, 0.15) is 0 Å². The maximum atomic E-state index is 8.98. The highest BCUT2D eigenvalue weighted by Gasteiger charge is 2.68. The molecule has 1 aliphatic rings. The van der Waals surface area contributed by atoms with Crippen LogP contribution in [0.25, 0.3) is 44.7 Å². The molecule has 1 fully saturated rings. The zero-order valence-electron chi connectivity index (χ0n) is 53.0. The first-order chi connectivity index (χ1) is 48.0. The molecule has 0 aliphatic carbocycles. The first-order valence-corrected chi connectivity index (χ1v) is 42.3. The first kappa shape index (κ1) is 60.0. The Hall–Kier alpha value is -10.7. The summed E-state index contributed by atoms with van der Waals surface area (Å²) in [6, 6.07) is 142. The van der Waals surface area contributed by atoms with Crippen molar-refractivity contribution in [1.82, 2.24) is 14.0 Å². The van der Waals surface area contributed by atoms with Crippen molar-refractivity contribution in [1.29, 1.82) is 0 Å². The number of fused-ring (bicyclic) bond motifs is 5. The molecule has 1 saturated heterocycles. The third kappa shape index (κ3) is 10.2. The lowest BCUT2D eigenvalue weighted by Crippen LogP contribution is -2.88. The fraction of sp³-hybridized carbons (Fsp3) is 0. The zero-order chi connectivity index (χ0) is 64.7. The quantitative estimate of drug-likeness (QED) is 0.0802. The van der Waals surface area contributed by atoms with Crippen molar-refractivity contribution in [2.75, 3.05) is 0 Å². The Morgan fingerprint density at radius 1 is 0.237 bits per heavy atom. The number of hydrogen-bond acceptors (Lipinski definition) is 5. The van der Waals surface area contributed by atoms with E-state index in [1.54, 1.807) is 0 Å². The Bertz CT molecular complexity index is 5180. The smallest absolute Gasteiger partial charge is 0.390 e. The van der Waals surface area contributed by atoms with E-state index in [0.29, 0.717) is 0 Å². The van der Waals surface area contributed by atoms with Crippen LogP contribution in [0.4, 0.5) is 0 Å². The monoisotopic (exact) mass is 1330 g/mol. The number of para-hydroxylation sites is 4. The summed E-state index contributed by atoms with van der Waals surface area (Å²) >= 11 is 0. The van der Waals surface area contributed by atoms with Gasteiger partial charge in [0.05, 0.1) is 22.1 Å². The van der Waals surface area contributed by atoms with Gasteiger partial charge in [0.2, 0.25) is 5.78 Å². The molecule has 0 spiro atoms. The summed E-state index contributed by atoms with van der Waals surface area (Å²) in [5, 5.41) is 12.4. The van der Waals surface area contributed by atoms with Gasteiger partial charge in [-0.25, -0.2) is 4.98 Å². The summed E-state index contributed by atoms with van der Waals surface area (Å²) in [7, 11) is -20.1. The average Bonchev–Trinajstić information content (AvgIpc) is 1.24. The topological polar surface area (TPSA) is 59.2 Å². The van der Waals surface area contributed by atoms with Crippen molar-refractivity contribution in [3.05, 3.63) is 394 Å². The van der Waals surface area contributed by atoms with Gasteiger partial charge in [0.1, 0.15) is 0 Å². The zero-order valence-corrected chi connectivity index (χ0v) is 58.0. The van der Waals surface area contributed by atoms with Crippen LogP contribution in [0.2, 0.25) is 0 Å². The van der Waals surface area contributed by atoms with Crippen LogP contribution in [0.3, 0.4) is 0 Å². The lowest BCUT2D eigenvalue weighted by molar-refractivity contribution is 0.268. The van der Waals surface area contributed by atoms with E-state index in [0.717, 1.165) is 86.2 Å². The minimum atomic E-state index is -4.34. The van der Waals surface area contributed by atoms with Crippen molar-refractivity contribution < 1.29 is 16.5 Å². The highest BCUT2D eigenvalue weighted by atomic mass is 28.5. The highest BCUT2D eigenvalue weighted by Crippen LogP contribution is 2.35. The number of benzene rings is 14. The molecule has 2 aromatic heterocycles. The molecule has 0 atom stereocenters. The second kappa shape index (κ2) is 25.1. The number of aromatic nitrogens is 3. The van der Waals surface area contributed by atoms with Gasteiger partial charge in [-0.1, -0.05) is 358 Å². The van der Waals surface area contributed by atoms with E-state index in [1.165, 1.54) is 20.7 Å². The van der Waals surface area contributed by atoms with Gasteiger partial charge >= 0.3 is 34.2 Å². The SMILES string of the molecule is c1ccc([Si]2(c3ccccc3)O[Si](c3ccccc3)(c3ccccc3)O[Si](c3ccccc3)(c3cccc(-c4cccc([Si](c5ccccc5)(c5ccccc5)c5cccc(-n6c7ccccc7n7c8ccccc8nc67)c5)c4)c3)O[Si](c3ccccc3)(c3ccccc3)O2)cc1. The normalized spacial score (nSPS) is 15.0. The number of rotatable bonds is 14. The first-order valence-electron chi connectivity index (χ1n) is 33.0. The fourth-order valence-corrected chi connectivity index (χ4v) is 42.2. The molecule has 0 unspecified atom stereocenters. The summed E-state index contributed by atoms with van der Waals surface area (Å²) in [6.45, 7) is 0. The molecule has 17 rings (SSSR count). The van der Waals surface area contributed by atoms with E-state index < -0.39 is 42.3 Å². The van der Waals surface area contributed by atoms with Gasteiger partial charge < -0.3 is 16.5 Å². The van der Waals surface area contributed by atoms with Crippen LogP contribution in [0.15, 0.2) is 394 Å². The molecular formula is C85H65N3O4Si5. The molecule has 0 saturated carbocycles. The minimum absolute atomic E-state index is 0.869. The van der Waals surface area contributed by atoms with E-state index in [9.17, 15) is 0 Å². The Kier molecular flexibility index (Phi) is 15.5. The van der Waals surface area contributed by atoms with Crippen LogP contribution in [-0.2, 0) is 16.5 Å². The lowest BCUT2D eigenvalue weighted by Gasteiger charge is -2.53. The molecule has 0 bridgehead atoms. The Morgan fingerprint density at radius 3 is 0.959 bits per heavy atom. The van der Waals surface area contributed by atoms with Gasteiger partial charge in [0.15, 0.2) is 8.07 Å². The van der Waals surface area contributed by atoms with E-state index in [1.807, 2.05) is 0 Å². The average molecular weight is 1330 g/mol. The Labute approximate surface area is 570 Å². The Morgan fingerprint density at radius 2 is 0.536 bits per heavy atom. The molecule has 0 radical (unpaired) electrons. The summed E-state index contributed by atoms with van der Waals surface area (Å²) in [5.41, 5.74) is 7.33. The second-order valence-corrected chi connectivity index (χ2v) is 41.3. The van der Waals surface area contributed by atoms with Gasteiger partial charge in [-0.05, 0) is 110 Å². The number of imidazole rings is 2. The van der Waals surface area contributed by atoms with E-state index in [4.69, 9.17) is 21.4 Å². The minimum Gasteiger partial charge on any atom is -0.402 e. The van der Waals surface area contributed by atoms with Gasteiger partial charge in [-0.2, -0.15) is 0 Å². The highest BCUT2D eigenvalue weighted by molar-refractivity contribution is 7.20. The molecule has 7 nitrogen and oxygen atoms in total. The predicted molar refractivity (Wildman–Crippen MR) is 408 cm³/mol. The van der Waals surface area contributed by atoms with Crippen LogP contribution in [-0.4, -0.2) is 56.3 Å². The fourth-order valence-electron chi connectivity index (χ4n) is 14.8. The van der Waals surface area contributed by atoms with E-state index in [-0.39, 0.29) is 0 Å². The molecule has 16 aromatic rings. The second-order valence-electron chi connectivity index (χ2n) is 24.7. The molecule has 3 heterocycles. The molecule has 97 heavy (non-hydrogen) atoms. The van der Waals surface area contributed by atoms with Crippen molar-refractivity contribution in [2.45, 2.75) is 0 Å².